The molecule has 3 atom stereocenters. The van der Waals surface area contributed by atoms with Gasteiger partial charge in [-0.2, -0.15) is 0 Å². The Morgan fingerprint density at radius 3 is 2.74 bits per heavy atom. The van der Waals surface area contributed by atoms with Crippen LogP contribution in [0.1, 0.15) is 52.4 Å². The van der Waals surface area contributed by atoms with Gasteiger partial charge in [-0.3, -0.25) is 4.90 Å². The minimum absolute atomic E-state index is 0.258. The summed E-state index contributed by atoms with van der Waals surface area (Å²) in [5.41, 5.74) is 0. The molecule has 1 aliphatic carbocycles. The summed E-state index contributed by atoms with van der Waals surface area (Å²) in [6.07, 6.45) is 8.22. The van der Waals surface area contributed by atoms with Crippen molar-refractivity contribution in [1.82, 2.24) is 10.2 Å². The van der Waals surface area contributed by atoms with Gasteiger partial charge in [0, 0.05) is 31.7 Å². The molecule has 1 saturated heterocycles. The molecule has 2 N–H and O–H groups in total. The Balaban J connectivity index is 1.86. The average Bonchev–Trinajstić information content (AvgIpc) is 3.26. The number of hydrogen-bond donors (Lipinski definition) is 2. The molecule has 1 saturated carbocycles. The molecule has 2 rings (SSSR count). The van der Waals surface area contributed by atoms with Crippen molar-refractivity contribution in [1.29, 1.82) is 0 Å². The number of unbranched alkanes of at least 4 members (excludes halogenated alkanes) is 1. The Morgan fingerprint density at radius 1 is 1.32 bits per heavy atom. The summed E-state index contributed by atoms with van der Waals surface area (Å²) in [6, 6.07) is 1.35. The number of aliphatic hydroxyl groups is 1. The highest BCUT2D eigenvalue weighted by Crippen LogP contribution is 2.37. The first-order chi connectivity index (χ1) is 9.24. The van der Waals surface area contributed by atoms with E-state index in [-0.39, 0.29) is 6.61 Å². The lowest BCUT2D eigenvalue weighted by Gasteiger charge is -2.41. The van der Waals surface area contributed by atoms with E-state index in [4.69, 9.17) is 5.11 Å². The first kappa shape index (κ1) is 15.3. The molecule has 1 aliphatic heterocycles. The van der Waals surface area contributed by atoms with Crippen LogP contribution < -0.4 is 5.32 Å². The summed E-state index contributed by atoms with van der Waals surface area (Å²) >= 11 is 0. The van der Waals surface area contributed by atoms with Crippen molar-refractivity contribution in [2.24, 2.45) is 11.8 Å². The van der Waals surface area contributed by atoms with Crippen LogP contribution in [0.5, 0.6) is 0 Å². The van der Waals surface area contributed by atoms with E-state index in [0.29, 0.717) is 6.04 Å². The van der Waals surface area contributed by atoms with Gasteiger partial charge in [0.25, 0.3) is 0 Å². The molecular formula is C16H32N2O. The summed E-state index contributed by atoms with van der Waals surface area (Å²) in [6.45, 7) is 8.19. The minimum atomic E-state index is 0.258. The highest BCUT2D eigenvalue weighted by molar-refractivity contribution is 4.91. The van der Waals surface area contributed by atoms with Crippen LogP contribution in [0.4, 0.5) is 0 Å². The van der Waals surface area contributed by atoms with Gasteiger partial charge in [-0.1, -0.05) is 19.8 Å². The highest BCUT2D eigenvalue weighted by Gasteiger charge is 2.36. The van der Waals surface area contributed by atoms with Gasteiger partial charge in [-0.25, -0.2) is 0 Å². The molecule has 0 amide bonds. The highest BCUT2D eigenvalue weighted by atomic mass is 16.3. The molecule has 0 radical (unpaired) electrons. The smallest absolute Gasteiger partial charge is 0.0556 e. The predicted octanol–water partition coefficient (Wildman–Crippen LogP) is 2.25. The molecule has 3 heteroatoms. The Morgan fingerprint density at radius 2 is 2.11 bits per heavy atom. The molecule has 1 heterocycles. The zero-order valence-corrected chi connectivity index (χ0v) is 12.8. The molecule has 0 bridgehead atoms. The van der Waals surface area contributed by atoms with Crippen molar-refractivity contribution < 1.29 is 5.11 Å². The first-order valence-corrected chi connectivity index (χ1v) is 8.32. The van der Waals surface area contributed by atoms with Crippen LogP contribution in [0.25, 0.3) is 0 Å². The number of aliphatic hydroxyl groups excluding tert-OH is 1. The lowest BCUT2D eigenvalue weighted by Crippen LogP contribution is -2.53. The molecule has 112 valence electrons. The van der Waals surface area contributed by atoms with Gasteiger partial charge in [0.2, 0.25) is 0 Å². The SMILES string of the molecule is CCCCC1CC(NCCO)CN(C(C)C2CC2)C1. The zero-order valence-electron chi connectivity index (χ0n) is 12.8. The van der Waals surface area contributed by atoms with E-state index >= 15 is 0 Å². The Hall–Kier alpha value is -0.120. The molecule has 0 spiro atoms. The Kier molecular flexibility index (Phi) is 6.11. The summed E-state index contributed by atoms with van der Waals surface area (Å²) < 4.78 is 0. The fraction of sp³-hybridized carbons (Fsp3) is 1.00. The maximum Gasteiger partial charge on any atom is 0.0556 e. The second kappa shape index (κ2) is 7.61. The van der Waals surface area contributed by atoms with Crippen LogP contribution in [-0.2, 0) is 0 Å². The Bertz CT molecular complexity index is 239. The van der Waals surface area contributed by atoms with E-state index in [1.54, 1.807) is 0 Å². The second-order valence-corrected chi connectivity index (χ2v) is 6.65. The van der Waals surface area contributed by atoms with Crippen molar-refractivity contribution in [3.63, 3.8) is 0 Å². The summed E-state index contributed by atoms with van der Waals surface area (Å²) in [7, 11) is 0. The first-order valence-electron chi connectivity index (χ1n) is 8.32. The molecule has 0 aromatic heterocycles. The topological polar surface area (TPSA) is 35.5 Å². The van der Waals surface area contributed by atoms with E-state index in [1.807, 2.05) is 0 Å². The number of hydrogen-bond acceptors (Lipinski definition) is 3. The second-order valence-electron chi connectivity index (χ2n) is 6.65. The van der Waals surface area contributed by atoms with Crippen molar-refractivity contribution in [2.75, 3.05) is 26.2 Å². The third-order valence-corrected chi connectivity index (χ3v) is 4.96. The van der Waals surface area contributed by atoms with Crippen molar-refractivity contribution in [3.8, 4) is 0 Å². The van der Waals surface area contributed by atoms with E-state index in [0.717, 1.165) is 24.4 Å². The number of piperidine rings is 1. The predicted molar refractivity (Wildman–Crippen MR) is 80.3 cm³/mol. The van der Waals surface area contributed by atoms with E-state index in [9.17, 15) is 0 Å². The third kappa shape index (κ3) is 4.73. The molecular weight excluding hydrogens is 236 g/mol. The maximum atomic E-state index is 9.00. The largest absolute Gasteiger partial charge is 0.395 e. The van der Waals surface area contributed by atoms with Gasteiger partial charge < -0.3 is 10.4 Å². The molecule has 3 unspecified atom stereocenters. The molecule has 0 aromatic rings. The maximum absolute atomic E-state index is 9.00. The summed E-state index contributed by atoms with van der Waals surface area (Å²) in [4.78, 5) is 2.72. The van der Waals surface area contributed by atoms with Gasteiger partial charge >= 0.3 is 0 Å². The summed E-state index contributed by atoms with van der Waals surface area (Å²) in [5, 5.41) is 12.5. The van der Waals surface area contributed by atoms with Crippen LogP contribution >= 0.6 is 0 Å². The van der Waals surface area contributed by atoms with Crippen molar-refractivity contribution in [2.45, 2.75) is 64.5 Å². The normalized spacial score (nSPS) is 30.5. The van der Waals surface area contributed by atoms with Gasteiger partial charge in [0.05, 0.1) is 6.61 Å². The molecule has 19 heavy (non-hydrogen) atoms. The van der Waals surface area contributed by atoms with Crippen LogP contribution in [0.2, 0.25) is 0 Å². The number of rotatable bonds is 8. The standard InChI is InChI=1S/C16H32N2O/c1-3-4-5-14-10-16(17-8-9-19)12-18(11-14)13(2)15-6-7-15/h13-17,19H,3-12H2,1-2H3. The lowest BCUT2D eigenvalue weighted by atomic mass is 9.88. The van der Waals surface area contributed by atoms with E-state index < -0.39 is 0 Å². The van der Waals surface area contributed by atoms with E-state index in [1.165, 1.54) is 51.6 Å². The Labute approximate surface area is 118 Å². The minimum Gasteiger partial charge on any atom is -0.395 e. The quantitative estimate of drug-likeness (QED) is 0.709. The average molecular weight is 268 g/mol. The van der Waals surface area contributed by atoms with Crippen LogP contribution in [0, 0.1) is 11.8 Å². The molecule has 0 aromatic carbocycles. The van der Waals surface area contributed by atoms with Gasteiger partial charge in [-0.05, 0) is 44.4 Å². The lowest BCUT2D eigenvalue weighted by molar-refractivity contribution is 0.0881. The third-order valence-electron chi connectivity index (χ3n) is 4.96. The number of nitrogens with one attached hydrogen (secondary N) is 1. The van der Waals surface area contributed by atoms with Gasteiger partial charge in [0.1, 0.15) is 0 Å². The number of nitrogens with zero attached hydrogens (tertiary/aromatic N) is 1. The molecule has 2 aliphatic rings. The van der Waals surface area contributed by atoms with Crippen LogP contribution in [-0.4, -0.2) is 48.3 Å². The monoisotopic (exact) mass is 268 g/mol. The fourth-order valence-electron chi connectivity index (χ4n) is 3.57. The van der Waals surface area contributed by atoms with Gasteiger partial charge in [0.15, 0.2) is 0 Å². The fourth-order valence-corrected chi connectivity index (χ4v) is 3.57. The zero-order chi connectivity index (χ0) is 13.7. The van der Waals surface area contributed by atoms with E-state index in [2.05, 4.69) is 24.1 Å². The van der Waals surface area contributed by atoms with Crippen LogP contribution in [0.15, 0.2) is 0 Å². The van der Waals surface area contributed by atoms with Crippen molar-refractivity contribution >= 4 is 0 Å². The summed E-state index contributed by atoms with van der Waals surface area (Å²) in [5.74, 6) is 1.81. The number of likely N-dealkylation sites (tertiary alicyclic amines) is 1. The molecule has 3 nitrogen and oxygen atoms in total. The van der Waals surface area contributed by atoms with Crippen molar-refractivity contribution in [3.05, 3.63) is 0 Å². The van der Waals surface area contributed by atoms with Crippen LogP contribution in [0.3, 0.4) is 0 Å². The molecule has 2 fully saturated rings. The van der Waals surface area contributed by atoms with Gasteiger partial charge in [-0.15, -0.1) is 0 Å².